The highest BCUT2D eigenvalue weighted by Gasteiger charge is 2.11. The third-order valence-electron chi connectivity index (χ3n) is 3.38. The quantitative estimate of drug-likeness (QED) is 0.742. The predicted molar refractivity (Wildman–Crippen MR) is 94.6 cm³/mol. The molecule has 0 saturated heterocycles. The van der Waals surface area contributed by atoms with Crippen molar-refractivity contribution in [2.45, 2.75) is 26.2 Å². The maximum Gasteiger partial charge on any atom is 0.306 e. The van der Waals surface area contributed by atoms with E-state index in [2.05, 4.69) is 5.32 Å². The van der Waals surface area contributed by atoms with E-state index in [0.29, 0.717) is 24.3 Å². The molecule has 24 heavy (non-hydrogen) atoms. The van der Waals surface area contributed by atoms with Gasteiger partial charge in [-0.3, -0.25) is 9.59 Å². The molecule has 0 radical (unpaired) electrons. The highest BCUT2D eigenvalue weighted by atomic mass is 32.1. The van der Waals surface area contributed by atoms with Crippen molar-refractivity contribution in [1.82, 2.24) is 0 Å². The van der Waals surface area contributed by atoms with Crippen molar-refractivity contribution in [3.63, 3.8) is 0 Å². The number of benzene rings is 1. The molecule has 2 rings (SSSR count). The van der Waals surface area contributed by atoms with Gasteiger partial charge >= 0.3 is 5.97 Å². The number of anilines is 1. The first-order chi connectivity index (χ1) is 11.6. The molecule has 5 nitrogen and oxygen atoms in total. The molecule has 1 aromatic heterocycles. The zero-order valence-corrected chi connectivity index (χ0v) is 14.7. The van der Waals surface area contributed by atoms with E-state index in [1.54, 1.807) is 23.5 Å². The van der Waals surface area contributed by atoms with Crippen molar-refractivity contribution in [2.24, 2.45) is 0 Å². The highest BCUT2D eigenvalue weighted by Crippen LogP contribution is 2.25. The lowest BCUT2D eigenvalue weighted by molar-refractivity contribution is -0.147. The number of hydrogen-bond donors (Lipinski definition) is 1. The summed E-state index contributed by atoms with van der Waals surface area (Å²) in [6, 6.07) is 9.50. The standard InChI is InChI=1S/C18H21NO4S/c1-13-8-9-16(22-2)15(11-13)19-17(20)12-23-18(21)7-3-5-14-6-4-10-24-14/h4,6,8-11H,3,5,7,12H2,1-2H3,(H,19,20). The lowest BCUT2D eigenvalue weighted by atomic mass is 10.2. The summed E-state index contributed by atoms with van der Waals surface area (Å²) in [5.41, 5.74) is 1.56. The van der Waals surface area contributed by atoms with Gasteiger partial charge in [0.15, 0.2) is 6.61 Å². The molecule has 6 heteroatoms. The van der Waals surface area contributed by atoms with Gasteiger partial charge in [-0.15, -0.1) is 11.3 Å². The topological polar surface area (TPSA) is 64.6 Å². The van der Waals surface area contributed by atoms with Crippen LogP contribution in [0, 0.1) is 6.92 Å². The van der Waals surface area contributed by atoms with Gasteiger partial charge in [0.1, 0.15) is 5.75 Å². The maximum absolute atomic E-state index is 11.9. The molecule has 0 unspecified atom stereocenters. The van der Waals surface area contributed by atoms with Crippen LogP contribution in [0.25, 0.3) is 0 Å². The molecule has 0 aliphatic carbocycles. The van der Waals surface area contributed by atoms with Crippen LogP contribution >= 0.6 is 11.3 Å². The first-order valence-corrected chi connectivity index (χ1v) is 8.59. The molecular weight excluding hydrogens is 326 g/mol. The predicted octanol–water partition coefficient (Wildman–Crippen LogP) is 3.57. The average molecular weight is 347 g/mol. The molecule has 0 spiro atoms. The Morgan fingerprint density at radius 2 is 2.08 bits per heavy atom. The van der Waals surface area contributed by atoms with Gasteiger partial charge in [-0.2, -0.15) is 0 Å². The van der Waals surface area contributed by atoms with Crippen molar-refractivity contribution >= 4 is 28.9 Å². The number of carbonyl (C=O) groups is 2. The van der Waals surface area contributed by atoms with Crippen molar-refractivity contribution in [3.05, 3.63) is 46.2 Å². The van der Waals surface area contributed by atoms with Crippen LogP contribution in [0.4, 0.5) is 5.69 Å². The van der Waals surface area contributed by atoms with Gasteiger partial charge in [-0.25, -0.2) is 0 Å². The molecule has 0 atom stereocenters. The largest absolute Gasteiger partial charge is 0.495 e. The Bertz CT molecular complexity index is 682. The van der Waals surface area contributed by atoms with E-state index >= 15 is 0 Å². The Morgan fingerprint density at radius 3 is 2.79 bits per heavy atom. The SMILES string of the molecule is COc1ccc(C)cc1NC(=O)COC(=O)CCCc1cccs1. The fourth-order valence-corrected chi connectivity index (χ4v) is 2.94. The molecule has 1 heterocycles. The van der Waals surface area contributed by atoms with E-state index in [1.165, 1.54) is 12.0 Å². The van der Waals surface area contributed by atoms with E-state index in [4.69, 9.17) is 9.47 Å². The minimum Gasteiger partial charge on any atom is -0.495 e. The summed E-state index contributed by atoms with van der Waals surface area (Å²) in [6.45, 7) is 1.62. The Kier molecular flexibility index (Phi) is 6.81. The number of methoxy groups -OCH3 is 1. The molecule has 1 N–H and O–H groups in total. The fraction of sp³-hybridized carbons (Fsp3) is 0.333. The van der Waals surface area contributed by atoms with E-state index in [9.17, 15) is 9.59 Å². The number of ether oxygens (including phenoxy) is 2. The van der Waals surface area contributed by atoms with Gasteiger partial charge in [-0.1, -0.05) is 12.1 Å². The zero-order valence-electron chi connectivity index (χ0n) is 13.8. The number of hydrogen-bond acceptors (Lipinski definition) is 5. The van der Waals surface area contributed by atoms with Gasteiger partial charge in [0, 0.05) is 11.3 Å². The minimum atomic E-state index is -0.384. The van der Waals surface area contributed by atoms with Crippen LogP contribution in [0.2, 0.25) is 0 Å². The van der Waals surface area contributed by atoms with Crippen LogP contribution in [0.15, 0.2) is 35.7 Å². The Hall–Kier alpha value is -2.34. The smallest absolute Gasteiger partial charge is 0.306 e. The van der Waals surface area contributed by atoms with Crippen molar-refractivity contribution < 1.29 is 19.1 Å². The summed E-state index contributed by atoms with van der Waals surface area (Å²) in [4.78, 5) is 24.8. The summed E-state index contributed by atoms with van der Waals surface area (Å²) >= 11 is 1.67. The molecule has 1 aromatic carbocycles. The van der Waals surface area contributed by atoms with Crippen molar-refractivity contribution in [2.75, 3.05) is 19.0 Å². The number of carbonyl (C=O) groups excluding carboxylic acids is 2. The first-order valence-electron chi connectivity index (χ1n) is 7.71. The van der Waals surface area contributed by atoms with Crippen molar-refractivity contribution in [1.29, 1.82) is 0 Å². The number of aryl methyl sites for hydroxylation is 2. The number of rotatable bonds is 8. The molecular formula is C18H21NO4S. The second-order valence-corrected chi connectivity index (χ2v) is 6.38. The van der Waals surface area contributed by atoms with Crippen LogP contribution in [0.3, 0.4) is 0 Å². The van der Waals surface area contributed by atoms with Gasteiger partial charge in [0.2, 0.25) is 0 Å². The Morgan fingerprint density at radius 1 is 1.25 bits per heavy atom. The average Bonchev–Trinajstić information content (AvgIpc) is 3.06. The highest BCUT2D eigenvalue weighted by molar-refractivity contribution is 7.09. The zero-order chi connectivity index (χ0) is 17.4. The molecule has 128 valence electrons. The molecule has 0 bridgehead atoms. The van der Waals surface area contributed by atoms with E-state index in [0.717, 1.165) is 12.0 Å². The van der Waals surface area contributed by atoms with Gasteiger partial charge in [0.25, 0.3) is 5.91 Å². The summed E-state index contributed by atoms with van der Waals surface area (Å²) in [7, 11) is 1.54. The second-order valence-electron chi connectivity index (χ2n) is 5.35. The molecule has 0 fully saturated rings. The third kappa shape index (κ3) is 5.70. The number of nitrogens with one attached hydrogen (secondary N) is 1. The number of thiophene rings is 1. The number of esters is 1. The summed E-state index contributed by atoms with van der Waals surface area (Å²) in [5, 5.41) is 4.71. The van der Waals surface area contributed by atoms with Gasteiger partial charge < -0.3 is 14.8 Å². The van der Waals surface area contributed by atoms with Crippen LogP contribution in [0.5, 0.6) is 5.75 Å². The van der Waals surface area contributed by atoms with Crippen LogP contribution in [-0.4, -0.2) is 25.6 Å². The monoisotopic (exact) mass is 347 g/mol. The lowest BCUT2D eigenvalue weighted by Gasteiger charge is -2.11. The number of amides is 1. The molecule has 0 saturated carbocycles. The van der Waals surface area contributed by atoms with Crippen LogP contribution < -0.4 is 10.1 Å². The molecule has 1 amide bonds. The normalized spacial score (nSPS) is 10.2. The van der Waals surface area contributed by atoms with E-state index in [-0.39, 0.29) is 18.5 Å². The summed E-state index contributed by atoms with van der Waals surface area (Å²) in [5.74, 6) is -0.181. The maximum atomic E-state index is 11.9. The molecule has 2 aromatic rings. The second kappa shape index (κ2) is 9.08. The third-order valence-corrected chi connectivity index (χ3v) is 4.31. The summed E-state index contributed by atoms with van der Waals surface area (Å²) < 4.78 is 10.2. The van der Waals surface area contributed by atoms with Gasteiger partial charge in [0.05, 0.1) is 12.8 Å². The summed E-state index contributed by atoms with van der Waals surface area (Å²) in [6.07, 6.45) is 1.87. The van der Waals surface area contributed by atoms with E-state index in [1.807, 2.05) is 30.5 Å². The lowest BCUT2D eigenvalue weighted by Crippen LogP contribution is -2.21. The van der Waals surface area contributed by atoms with Crippen LogP contribution in [0.1, 0.15) is 23.3 Å². The van der Waals surface area contributed by atoms with Gasteiger partial charge in [-0.05, 0) is 48.9 Å². The molecule has 0 aliphatic heterocycles. The Labute approximate surface area is 145 Å². The Balaban J connectivity index is 1.72. The minimum absolute atomic E-state index is 0.297. The van der Waals surface area contributed by atoms with Crippen molar-refractivity contribution in [3.8, 4) is 5.75 Å². The van der Waals surface area contributed by atoms with E-state index < -0.39 is 0 Å². The van der Waals surface area contributed by atoms with Crippen LogP contribution in [-0.2, 0) is 20.7 Å². The fourth-order valence-electron chi connectivity index (χ4n) is 2.19. The first kappa shape index (κ1) is 18.0. The molecule has 0 aliphatic rings.